The Kier molecular flexibility index (Phi) is 6.87. The zero-order valence-electron chi connectivity index (χ0n) is 16.3. The molecule has 0 aliphatic carbocycles. The Hall–Kier alpha value is -2.08. The number of piperidine rings is 1. The molecule has 0 unspecified atom stereocenters. The number of hydrogen-bond acceptors (Lipinski definition) is 4. The maximum Gasteiger partial charge on any atom is 0.309 e. The van der Waals surface area contributed by atoms with Crippen molar-refractivity contribution in [2.24, 2.45) is 11.3 Å². The molecule has 0 aromatic heterocycles. The fourth-order valence-corrected chi connectivity index (χ4v) is 3.24. The molecule has 1 saturated heterocycles. The van der Waals surface area contributed by atoms with Gasteiger partial charge in [-0.25, -0.2) is 0 Å². The molecule has 1 aromatic carbocycles. The number of anilines is 1. The van der Waals surface area contributed by atoms with Crippen LogP contribution in [0.4, 0.5) is 5.69 Å². The highest BCUT2D eigenvalue weighted by atomic mass is 35.5. The summed E-state index contributed by atoms with van der Waals surface area (Å²) in [6.45, 7) is 8.25. The van der Waals surface area contributed by atoms with Crippen molar-refractivity contribution >= 4 is 35.1 Å². The number of benzene rings is 1. The van der Waals surface area contributed by atoms with E-state index in [-0.39, 0.29) is 18.4 Å². The third kappa shape index (κ3) is 5.96. The van der Waals surface area contributed by atoms with Gasteiger partial charge in [0.1, 0.15) is 0 Å². The van der Waals surface area contributed by atoms with Crippen LogP contribution in [0.3, 0.4) is 0 Å². The van der Waals surface area contributed by atoms with Crippen LogP contribution in [0.2, 0.25) is 5.02 Å². The molecule has 148 valence electrons. The Morgan fingerprint density at radius 1 is 1.22 bits per heavy atom. The van der Waals surface area contributed by atoms with Gasteiger partial charge >= 0.3 is 5.97 Å². The second kappa shape index (κ2) is 8.74. The van der Waals surface area contributed by atoms with Crippen molar-refractivity contribution in [1.29, 1.82) is 0 Å². The number of ether oxygens (including phenoxy) is 1. The van der Waals surface area contributed by atoms with E-state index in [1.807, 2.05) is 33.8 Å². The number of carbonyl (C=O) groups is 3. The molecule has 1 aliphatic rings. The molecule has 1 fully saturated rings. The number of likely N-dealkylation sites (tertiary alicyclic amines) is 1. The molecule has 1 aromatic rings. The number of amides is 2. The van der Waals surface area contributed by atoms with Gasteiger partial charge in [0.2, 0.25) is 5.91 Å². The molecule has 0 atom stereocenters. The van der Waals surface area contributed by atoms with E-state index >= 15 is 0 Å². The molecular formula is C20H27ClN2O4. The number of nitrogens with one attached hydrogen (secondary N) is 1. The van der Waals surface area contributed by atoms with E-state index in [1.165, 1.54) is 0 Å². The van der Waals surface area contributed by atoms with Gasteiger partial charge in [-0.2, -0.15) is 0 Å². The van der Waals surface area contributed by atoms with E-state index in [2.05, 4.69) is 5.32 Å². The van der Waals surface area contributed by atoms with E-state index in [0.717, 1.165) is 5.56 Å². The molecule has 0 radical (unpaired) electrons. The summed E-state index contributed by atoms with van der Waals surface area (Å²) in [5.41, 5.74) is 1.04. The van der Waals surface area contributed by atoms with Crippen molar-refractivity contribution in [3.63, 3.8) is 0 Å². The average Bonchev–Trinajstić information content (AvgIpc) is 2.61. The Balaban J connectivity index is 1.78. The number of halogens is 1. The minimum atomic E-state index is -0.436. The minimum absolute atomic E-state index is 0.0867. The fourth-order valence-electron chi connectivity index (χ4n) is 2.95. The van der Waals surface area contributed by atoms with Crippen molar-refractivity contribution in [1.82, 2.24) is 4.90 Å². The lowest BCUT2D eigenvalue weighted by Gasteiger charge is -2.34. The molecule has 1 heterocycles. The molecule has 2 rings (SSSR count). The summed E-state index contributed by atoms with van der Waals surface area (Å²) in [5, 5.41) is 3.07. The smallest absolute Gasteiger partial charge is 0.309 e. The summed E-state index contributed by atoms with van der Waals surface area (Å²) in [4.78, 5) is 38.3. The van der Waals surface area contributed by atoms with Crippen LogP contribution in [0.25, 0.3) is 0 Å². The van der Waals surface area contributed by atoms with Crippen LogP contribution in [0.1, 0.15) is 39.2 Å². The summed E-state index contributed by atoms with van der Waals surface area (Å²) in [6.07, 6.45) is 1.10. The standard InChI is InChI=1S/C20H27ClN2O4/c1-13-5-6-16(15(21)11-13)22-17(24)12-27-18(25)14-7-9-23(10-8-14)19(26)20(2,3)4/h5-6,11,14H,7-10,12H2,1-4H3,(H,22,24). The summed E-state index contributed by atoms with van der Waals surface area (Å²) < 4.78 is 5.14. The lowest BCUT2D eigenvalue weighted by atomic mass is 9.91. The first-order chi connectivity index (χ1) is 12.6. The van der Waals surface area contributed by atoms with Gasteiger partial charge in [0.05, 0.1) is 16.6 Å². The maximum atomic E-state index is 12.3. The van der Waals surface area contributed by atoms with Crippen molar-refractivity contribution < 1.29 is 19.1 Å². The largest absolute Gasteiger partial charge is 0.455 e. The molecule has 27 heavy (non-hydrogen) atoms. The number of carbonyl (C=O) groups excluding carboxylic acids is 3. The van der Waals surface area contributed by atoms with E-state index in [4.69, 9.17) is 16.3 Å². The third-order valence-electron chi connectivity index (χ3n) is 4.50. The lowest BCUT2D eigenvalue weighted by molar-refractivity contribution is -0.155. The molecule has 1 aliphatic heterocycles. The maximum absolute atomic E-state index is 12.3. The summed E-state index contributed by atoms with van der Waals surface area (Å²) >= 11 is 6.07. The van der Waals surface area contributed by atoms with Gasteiger partial charge < -0.3 is 15.0 Å². The molecule has 0 spiro atoms. The van der Waals surface area contributed by atoms with Crippen LogP contribution in [0.5, 0.6) is 0 Å². The highest BCUT2D eigenvalue weighted by Gasteiger charge is 2.33. The monoisotopic (exact) mass is 394 g/mol. The first-order valence-electron chi connectivity index (χ1n) is 9.10. The Morgan fingerprint density at radius 3 is 2.41 bits per heavy atom. The van der Waals surface area contributed by atoms with Crippen molar-refractivity contribution in [2.75, 3.05) is 25.0 Å². The summed E-state index contributed by atoms with van der Waals surface area (Å²) in [6, 6.07) is 5.29. The van der Waals surface area contributed by atoms with Gasteiger partial charge in [-0.1, -0.05) is 38.4 Å². The Morgan fingerprint density at radius 2 is 1.85 bits per heavy atom. The SMILES string of the molecule is Cc1ccc(NC(=O)COC(=O)C2CCN(C(=O)C(C)(C)C)CC2)c(Cl)c1. The molecule has 0 bridgehead atoms. The average molecular weight is 395 g/mol. The van der Waals surface area contributed by atoms with Crippen LogP contribution in [-0.4, -0.2) is 42.4 Å². The van der Waals surface area contributed by atoms with E-state index in [1.54, 1.807) is 17.0 Å². The lowest BCUT2D eigenvalue weighted by Crippen LogP contribution is -2.45. The van der Waals surface area contributed by atoms with E-state index in [9.17, 15) is 14.4 Å². The highest BCUT2D eigenvalue weighted by Crippen LogP contribution is 2.25. The highest BCUT2D eigenvalue weighted by molar-refractivity contribution is 6.33. The van der Waals surface area contributed by atoms with Gasteiger partial charge in [-0.3, -0.25) is 14.4 Å². The van der Waals surface area contributed by atoms with Gasteiger partial charge in [0.25, 0.3) is 5.91 Å². The molecule has 6 nitrogen and oxygen atoms in total. The summed E-state index contributed by atoms with van der Waals surface area (Å²) in [5.74, 6) is -1.04. The number of hydrogen-bond donors (Lipinski definition) is 1. The molecule has 2 amide bonds. The number of esters is 1. The predicted molar refractivity (Wildman–Crippen MR) is 105 cm³/mol. The minimum Gasteiger partial charge on any atom is -0.455 e. The molecule has 0 saturated carbocycles. The second-order valence-corrected chi connectivity index (χ2v) is 8.36. The number of aryl methyl sites for hydroxylation is 1. The first kappa shape index (κ1) is 21.2. The zero-order valence-corrected chi connectivity index (χ0v) is 17.1. The molecule has 1 N–H and O–H groups in total. The topological polar surface area (TPSA) is 75.7 Å². The van der Waals surface area contributed by atoms with Crippen molar-refractivity contribution in [2.45, 2.75) is 40.5 Å². The predicted octanol–water partition coefficient (Wildman–Crippen LogP) is 3.41. The molecule has 7 heteroatoms. The van der Waals surface area contributed by atoms with Crippen LogP contribution >= 0.6 is 11.6 Å². The third-order valence-corrected chi connectivity index (χ3v) is 4.81. The molecular weight excluding hydrogens is 368 g/mol. The van der Waals surface area contributed by atoms with Crippen LogP contribution < -0.4 is 5.32 Å². The van der Waals surface area contributed by atoms with Crippen LogP contribution in [-0.2, 0) is 19.1 Å². The van der Waals surface area contributed by atoms with Crippen molar-refractivity contribution in [3.8, 4) is 0 Å². The fraction of sp³-hybridized carbons (Fsp3) is 0.550. The van der Waals surface area contributed by atoms with Gasteiger partial charge in [-0.15, -0.1) is 0 Å². The van der Waals surface area contributed by atoms with E-state index in [0.29, 0.717) is 36.6 Å². The van der Waals surface area contributed by atoms with Gasteiger partial charge in [-0.05, 0) is 37.5 Å². The Bertz CT molecular complexity index is 719. The second-order valence-electron chi connectivity index (χ2n) is 7.96. The first-order valence-corrected chi connectivity index (χ1v) is 9.47. The van der Waals surface area contributed by atoms with Crippen LogP contribution in [0.15, 0.2) is 18.2 Å². The van der Waals surface area contributed by atoms with Crippen LogP contribution in [0, 0.1) is 18.3 Å². The quantitative estimate of drug-likeness (QED) is 0.794. The number of nitrogens with zero attached hydrogens (tertiary/aromatic N) is 1. The van der Waals surface area contributed by atoms with Crippen molar-refractivity contribution in [3.05, 3.63) is 28.8 Å². The summed E-state index contributed by atoms with van der Waals surface area (Å²) in [7, 11) is 0. The normalized spacial score (nSPS) is 15.4. The van der Waals surface area contributed by atoms with E-state index < -0.39 is 17.3 Å². The zero-order chi connectivity index (χ0) is 20.2. The van der Waals surface area contributed by atoms with Gasteiger partial charge in [0.15, 0.2) is 6.61 Å². The number of rotatable bonds is 4. The van der Waals surface area contributed by atoms with Gasteiger partial charge in [0, 0.05) is 18.5 Å². The Labute approximate surface area is 165 Å².